The monoisotopic (exact) mass is 686 g/mol. The molecule has 0 heterocycles. The Morgan fingerprint density at radius 1 is 0.933 bits per heavy atom. The summed E-state index contributed by atoms with van der Waals surface area (Å²) in [5.41, 5.74) is -7.07. The highest BCUT2D eigenvalue weighted by Gasteiger charge is 2.52. The van der Waals surface area contributed by atoms with E-state index in [1.165, 1.54) is 34.6 Å². The van der Waals surface area contributed by atoms with Gasteiger partial charge in [-0.15, -0.1) is 0 Å². The number of allylic oxidation sites excluding steroid dienone is 1. The highest BCUT2D eigenvalue weighted by atomic mass is 32.2. The van der Waals surface area contributed by atoms with Gasteiger partial charge in [0.2, 0.25) is 0 Å². The van der Waals surface area contributed by atoms with Crippen LogP contribution in [0.25, 0.3) is 0 Å². The first-order chi connectivity index (χ1) is 19.9. The van der Waals surface area contributed by atoms with Crippen LogP contribution in [0.5, 0.6) is 0 Å². The van der Waals surface area contributed by atoms with E-state index in [0.717, 1.165) is 0 Å². The fraction of sp³-hybridized carbons (Fsp3) is 0.857. The third kappa shape index (κ3) is 15.4. The molecule has 266 valence electrons. The molecule has 0 saturated carbocycles. The fourth-order valence-corrected chi connectivity index (χ4v) is 5.93. The Bertz CT molecular complexity index is 1130. The predicted molar refractivity (Wildman–Crippen MR) is 154 cm³/mol. The normalized spacial score (nSPS) is 18.5. The summed E-state index contributed by atoms with van der Waals surface area (Å²) in [4.78, 5) is 26.8. The molecule has 0 aliphatic heterocycles. The lowest BCUT2D eigenvalue weighted by Crippen LogP contribution is -2.47. The van der Waals surface area contributed by atoms with Gasteiger partial charge in [-0.1, -0.05) is 20.4 Å². The first-order valence-corrected chi connectivity index (χ1v) is 15.9. The standard InChI is InChI=1S/C28H48F6N2O8S/c1-10-24(7,22(38)44-19(3)14-26(9,39)28(32,33)34)15-25(8,21(37)43-12-11-35-16-27(29,30)31)13-18(2)20(4)36-23(5,6)17-45(40,41)42/h18-19,35-36,39H,4,10-17H2,1-3,5-9H3,(H,40,41,42). The summed E-state index contributed by atoms with van der Waals surface area (Å²) < 4.78 is 120. The van der Waals surface area contributed by atoms with E-state index >= 15 is 0 Å². The van der Waals surface area contributed by atoms with Crippen molar-refractivity contribution in [2.75, 3.05) is 25.4 Å². The van der Waals surface area contributed by atoms with Crippen LogP contribution in [0.3, 0.4) is 0 Å². The predicted octanol–water partition coefficient (Wildman–Crippen LogP) is 4.93. The average Bonchev–Trinajstić information content (AvgIpc) is 2.79. The van der Waals surface area contributed by atoms with Gasteiger partial charge in [0.05, 0.1) is 23.1 Å². The van der Waals surface area contributed by atoms with Gasteiger partial charge in [0, 0.05) is 24.2 Å². The number of nitrogens with one attached hydrogen (secondary N) is 2. The Morgan fingerprint density at radius 2 is 1.47 bits per heavy atom. The highest BCUT2D eigenvalue weighted by Crippen LogP contribution is 2.44. The van der Waals surface area contributed by atoms with E-state index in [-0.39, 0.29) is 31.5 Å². The lowest BCUT2D eigenvalue weighted by molar-refractivity contribution is -0.261. The minimum atomic E-state index is -4.98. The van der Waals surface area contributed by atoms with E-state index in [0.29, 0.717) is 6.92 Å². The van der Waals surface area contributed by atoms with Crippen LogP contribution < -0.4 is 10.6 Å². The lowest BCUT2D eigenvalue weighted by Gasteiger charge is -2.39. The fourth-order valence-electron chi connectivity index (χ4n) is 4.94. The number of esters is 2. The number of aliphatic hydroxyl groups is 1. The number of halogens is 6. The Hall–Kier alpha value is -2.11. The molecule has 0 bridgehead atoms. The zero-order valence-electron chi connectivity index (χ0n) is 27.0. The van der Waals surface area contributed by atoms with Gasteiger partial charge in [-0.3, -0.25) is 14.1 Å². The number of carbonyl (C=O) groups is 2. The number of carbonyl (C=O) groups excluding carboxylic acids is 2. The number of rotatable bonds is 19. The molecular weight excluding hydrogens is 638 g/mol. The summed E-state index contributed by atoms with van der Waals surface area (Å²) in [7, 11) is -4.38. The molecule has 0 aromatic rings. The van der Waals surface area contributed by atoms with Crippen molar-refractivity contribution in [2.24, 2.45) is 16.7 Å². The molecule has 0 saturated heterocycles. The SMILES string of the molecule is C=C(NC(C)(C)CS(=O)(=O)O)C(C)CC(C)(CC(C)(CC)C(=O)OC(C)CC(C)(O)C(F)(F)F)C(=O)OCCNCC(F)(F)F. The molecule has 0 radical (unpaired) electrons. The number of hydrogen-bond acceptors (Lipinski definition) is 9. The van der Waals surface area contributed by atoms with E-state index in [9.17, 15) is 54.0 Å². The topological polar surface area (TPSA) is 151 Å². The Morgan fingerprint density at radius 3 is 1.91 bits per heavy atom. The lowest BCUT2D eigenvalue weighted by atomic mass is 9.67. The molecular formula is C28H48F6N2O8S. The molecule has 5 atom stereocenters. The van der Waals surface area contributed by atoms with Crippen molar-refractivity contribution in [2.45, 2.75) is 111 Å². The van der Waals surface area contributed by atoms with Gasteiger partial charge in [-0.2, -0.15) is 34.8 Å². The molecule has 0 rings (SSSR count). The Kier molecular flexibility index (Phi) is 14.9. The molecule has 5 unspecified atom stereocenters. The maximum absolute atomic E-state index is 13.4. The first kappa shape index (κ1) is 42.9. The molecule has 0 fully saturated rings. The molecule has 4 N–H and O–H groups in total. The summed E-state index contributed by atoms with van der Waals surface area (Å²) >= 11 is 0. The van der Waals surface area contributed by atoms with Crippen molar-refractivity contribution in [3.63, 3.8) is 0 Å². The molecule has 0 aliphatic carbocycles. The van der Waals surface area contributed by atoms with Crippen LogP contribution in [-0.4, -0.2) is 85.1 Å². The average molecular weight is 687 g/mol. The quantitative estimate of drug-likeness (QED) is 0.0638. The second-order valence-corrected chi connectivity index (χ2v) is 14.6. The van der Waals surface area contributed by atoms with Crippen molar-refractivity contribution in [3.05, 3.63) is 12.3 Å². The molecule has 0 amide bonds. The largest absolute Gasteiger partial charge is 0.464 e. The molecule has 0 aromatic carbocycles. The first-order valence-electron chi connectivity index (χ1n) is 14.3. The molecule has 0 aliphatic rings. The Labute approximate surface area is 261 Å². The maximum Gasteiger partial charge on any atom is 0.417 e. The molecule has 17 heteroatoms. The molecule has 10 nitrogen and oxygen atoms in total. The van der Waals surface area contributed by atoms with Gasteiger partial charge in [-0.25, -0.2) is 0 Å². The summed E-state index contributed by atoms with van der Waals surface area (Å²) in [5.74, 6) is -3.10. The zero-order chi connectivity index (χ0) is 35.9. The van der Waals surface area contributed by atoms with Crippen LogP contribution in [0.2, 0.25) is 0 Å². The van der Waals surface area contributed by atoms with Crippen molar-refractivity contribution in [3.8, 4) is 0 Å². The van der Waals surface area contributed by atoms with Gasteiger partial charge in [0.1, 0.15) is 12.7 Å². The summed E-state index contributed by atoms with van der Waals surface area (Å²) in [6, 6.07) is 0. The van der Waals surface area contributed by atoms with Gasteiger partial charge >= 0.3 is 24.3 Å². The second-order valence-electron chi connectivity index (χ2n) is 13.1. The smallest absolute Gasteiger partial charge is 0.417 e. The third-order valence-electron chi connectivity index (χ3n) is 7.38. The van der Waals surface area contributed by atoms with Crippen LogP contribution in [-0.2, 0) is 29.2 Å². The summed E-state index contributed by atoms with van der Waals surface area (Å²) in [6.07, 6.45) is -12.1. The van der Waals surface area contributed by atoms with E-state index in [1.54, 1.807) is 13.8 Å². The Balaban J connectivity index is 6.10. The van der Waals surface area contributed by atoms with Gasteiger partial charge in [-0.05, 0) is 66.7 Å². The number of hydrogen-bond donors (Lipinski definition) is 4. The van der Waals surface area contributed by atoms with Crippen LogP contribution in [0, 0.1) is 16.7 Å². The summed E-state index contributed by atoms with van der Waals surface area (Å²) in [6.45, 7) is 12.6. The van der Waals surface area contributed by atoms with Crippen LogP contribution in [0.4, 0.5) is 26.3 Å². The maximum atomic E-state index is 13.4. The van der Waals surface area contributed by atoms with Crippen molar-refractivity contribution >= 4 is 22.1 Å². The third-order valence-corrected chi connectivity index (χ3v) is 8.47. The molecule has 45 heavy (non-hydrogen) atoms. The highest BCUT2D eigenvalue weighted by molar-refractivity contribution is 7.85. The molecule has 0 spiro atoms. The minimum Gasteiger partial charge on any atom is -0.464 e. The zero-order valence-corrected chi connectivity index (χ0v) is 27.9. The van der Waals surface area contributed by atoms with Crippen LogP contribution in [0.1, 0.15) is 81.1 Å². The van der Waals surface area contributed by atoms with Gasteiger partial charge < -0.3 is 25.2 Å². The van der Waals surface area contributed by atoms with Crippen molar-refractivity contribution in [1.29, 1.82) is 0 Å². The van der Waals surface area contributed by atoms with E-state index in [2.05, 4.69) is 17.2 Å². The second kappa shape index (κ2) is 15.7. The van der Waals surface area contributed by atoms with Crippen molar-refractivity contribution in [1.82, 2.24) is 10.6 Å². The van der Waals surface area contributed by atoms with E-state index in [4.69, 9.17) is 9.47 Å². The van der Waals surface area contributed by atoms with Crippen LogP contribution >= 0.6 is 0 Å². The molecule has 0 aromatic heterocycles. The van der Waals surface area contributed by atoms with Gasteiger partial charge in [0.25, 0.3) is 10.1 Å². The van der Waals surface area contributed by atoms with Crippen LogP contribution in [0.15, 0.2) is 12.3 Å². The minimum absolute atomic E-state index is 0.0548. The number of alkyl halides is 6. The van der Waals surface area contributed by atoms with Gasteiger partial charge in [0.15, 0.2) is 5.60 Å². The summed E-state index contributed by atoms with van der Waals surface area (Å²) in [5, 5.41) is 14.8. The number of ether oxygens (including phenoxy) is 2. The van der Waals surface area contributed by atoms with Crippen molar-refractivity contribution < 1.29 is 63.5 Å². The van der Waals surface area contributed by atoms with E-state index < -0.39 is 93.7 Å². The van der Waals surface area contributed by atoms with E-state index in [1.807, 2.05) is 0 Å².